The van der Waals surface area contributed by atoms with Crippen LogP contribution in [0.2, 0.25) is 0 Å². The summed E-state index contributed by atoms with van der Waals surface area (Å²) in [6, 6.07) is 4.75. The van der Waals surface area contributed by atoms with E-state index >= 15 is 0 Å². The fourth-order valence-electron chi connectivity index (χ4n) is 1.91. The van der Waals surface area contributed by atoms with Gasteiger partial charge in [-0.05, 0) is 38.8 Å². The van der Waals surface area contributed by atoms with E-state index in [4.69, 9.17) is 10.5 Å². The molecule has 4 nitrogen and oxygen atoms in total. The molecule has 0 aliphatic heterocycles. The molecule has 18 heavy (non-hydrogen) atoms. The Labute approximate surface area is 110 Å². The topological polar surface area (TPSA) is 51.4 Å². The van der Waals surface area contributed by atoms with Crippen molar-refractivity contribution in [1.82, 2.24) is 4.98 Å². The molecule has 0 aliphatic carbocycles. The maximum atomic E-state index is 5.78. The van der Waals surface area contributed by atoms with Crippen LogP contribution in [-0.4, -0.2) is 37.3 Å². The molecule has 0 spiro atoms. The summed E-state index contributed by atoms with van der Waals surface area (Å²) in [5.41, 5.74) is 6.97. The van der Waals surface area contributed by atoms with Crippen molar-refractivity contribution in [2.75, 3.05) is 25.2 Å². The van der Waals surface area contributed by atoms with Crippen molar-refractivity contribution in [3.05, 3.63) is 23.9 Å². The Balaban J connectivity index is 2.73. The number of methoxy groups -OCH3 is 1. The number of anilines is 1. The van der Waals surface area contributed by atoms with E-state index < -0.39 is 0 Å². The zero-order valence-electron chi connectivity index (χ0n) is 11.9. The first-order chi connectivity index (χ1) is 8.54. The van der Waals surface area contributed by atoms with Gasteiger partial charge in [-0.3, -0.25) is 0 Å². The Morgan fingerprint density at radius 3 is 2.50 bits per heavy atom. The molecule has 4 heteroatoms. The maximum Gasteiger partial charge on any atom is 0.128 e. The first kappa shape index (κ1) is 14.9. The zero-order valence-corrected chi connectivity index (χ0v) is 11.9. The number of hydrogen-bond acceptors (Lipinski definition) is 4. The second-order valence-corrected chi connectivity index (χ2v) is 4.99. The van der Waals surface area contributed by atoms with Gasteiger partial charge < -0.3 is 15.4 Å². The Bertz CT molecular complexity index is 335. The van der Waals surface area contributed by atoms with Gasteiger partial charge in [-0.1, -0.05) is 6.07 Å². The van der Waals surface area contributed by atoms with Crippen molar-refractivity contribution < 1.29 is 4.74 Å². The highest BCUT2D eigenvalue weighted by Crippen LogP contribution is 2.14. The van der Waals surface area contributed by atoms with Crippen LogP contribution in [0.15, 0.2) is 18.3 Å². The molecular formula is C14H25N3O. The molecule has 0 aliphatic rings. The number of nitrogens with two attached hydrogens (primary N) is 1. The molecule has 1 unspecified atom stereocenters. The number of nitrogens with zero attached hydrogens (tertiary/aromatic N) is 2. The van der Waals surface area contributed by atoms with Crippen LogP contribution in [0, 0.1) is 0 Å². The molecule has 1 rings (SSSR count). The molecule has 102 valence electrons. The van der Waals surface area contributed by atoms with E-state index in [9.17, 15) is 0 Å². The van der Waals surface area contributed by atoms with Gasteiger partial charge in [0.05, 0.1) is 6.61 Å². The molecule has 0 saturated carbocycles. The highest BCUT2D eigenvalue weighted by molar-refractivity contribution is 5.40. The van der Waals surface area contributed by atoms with Gasteiger partial charge in [-0.2, -0.15) is 0 Å². The van der Waals surface area contributed by atoms with Gasteiger partial charge in [0.15, 0.2) is 0 Å². The van der Waals surface area contributed by atoms with E-state index in [0.717, 1.165) is 18.8 Å². The Hall–Kier alpha value is -1.13. The van der Waals surface area contributed by atoms with Crippen LogP contribution in [-0.2, 0) is 11.2 Å². The molecule has 1 aromatic rings. The Morgan fingerprint density at radius 1 is 1.33 bits per heavy atom. The van der Waals surface area contributed by atoms with Crippen molar-refractivity contribution in [3.8, 4) is 0 Å². The molecule has 2 N–H and O–H groups in total. The van der Waals surface area contributed by atoms with Crippen molar-refractivity contribution >= 4 is 5.82 Å². The minimum atomic E-state index is 0.173. The highest BCUT2D eigenvalue weighted by Gasteiger charge is 2.11. The standard InChI is InChI=1S/C14H25N3O/c1-11(2)17(7-8-18-4)14-6-5-13(10-16-14)9-12(3)15/h5-6,10-12H,7-9,15H2,1-4H3. The lowest BCUT2D eigenvalue weighted by atomic mass is 10.1. The molecule has 1 heterocycles. The lowest BCUT2D eigenvalue weighted by Crippen LogP contribution is -2.34. The van der Waals surface area contributed by atoms with Gasteiger partial charge in [0.1, 0.15) is 5.82 Å². The summed E-state index contributed by atoms with van der Waals surface area (Å²) in [7, 11) is 1.72. The summed E-state index contributed by atoms with van der Waals surface area (Å²) in [5.74, 6) is 0.996. The molecular weight excluding hydrogens is 226 g/mol. The molecule has 1 aromatic heterocycles. The summed E-state index contributed by atoms with van der Waals surface area (Å²) < 4.78 is 5.13. The molecule has 0 amide bonds. The van der Waals surface area contributed by atoms with Crippen LogP contribution in [0.25, 0.3) is 0 Å². The van der Waals surface area contributed by atoms with Crippen LogP contribution >= 0.6 is 0 Å². The second kappa shape index (κ2) is 7.34. The van der Waals surface area contributed by atoms with E-state index in [1.165, 1.54) is 5.56 Å². The lowest BCUT2D eigenvalue weighted by molar-refractivity contribution is 0.203. The quantitative estimate of drug-likeness (QED) is 0.803. The first-order valence-corrected chi connectivity index (χ1v) is 6.50. The third-order valence-corrected chi connectivity index (χ3v) is 2.82. The van der Waals surface area contributed by atoms with Gasteiger partial charge in [0.25, 0.3) is 0 Å². The fraction of sp³-hybridized carbons (Fsp3) is 0.643. The number of pyridine rings is 1. The average Bonchev–Trinajstić information content (AvgIpc) is 2.30. The van der Waals surface area contributed by atoms with Crippen LogP contribution in [0.3, 0.4) is 0 Å². The average molecular weight is 251 g/mol. The summed E-state index contributed by atoms with van der Waals surface area (Å²) in [4.78, 5) is 6.76. The van der Waals surface area contributed by atoms with Crippen LogP contribution < -0.4 is 10.6 Å². The summed E-state index contributed by atoms with van der Waals surface area (Å²) in [5, 5.41) is 0. The molecule has 1 atom stereocenters. The van der Waals surface area contributed by atoms with Crippen molar-refractivity contribution in [3.63, 3.8) is 0 Å². The normalized spacial score (nSPS) is 12.8. The van der Waals surface area contributed by atoms with Crippen LogP contribution in [0.5, 0.6) is 0 Å². The number of rotatable bonds is 7. The maximum absolute atomic E-state index is 5.78. The number of ether oxygens (including phenoxy) is 1. The van der Waals surface area contributed by atoms with Crippen LogP contribution in [0.1, 0.15) is 26.3 Å². The molecule has 0 fully saturated rings. The van der Waals surface area contributed by atoms with Gasteiger partial charge in [-0.15, -0.1) is 0 Å². The number of aromatic nitrogens is 1. The van der Waals surface area contributed by atoms with E-state index in [0.29, 0.717) is 12.6 Å². The van der Waals surface area contributed by atoms with Crippen molar-refractivity contribution in [1.29, 1.82) is 0 Å². The van der Waals surface area contributed by atoms with E-state index in [-0.39, 0.29) is 6.04 Å². The highest BCUT2D eigenvalue weighted by atomic mass is 16.5. The van der Waals surface area contributed by atoms with Crippen molar-refractivity contribution in [2.45, 2.75) is 39.3 Å². The molecule has 0 aromatic carbocycles. The molecule has 0 radical (unpaired) electrons. The van der Waals surface area contributed by atoms with E-state index in [1.54, 1.807) is 7.11 Å². The first-order valence-electron chi connectivity index (χ1n) is 6.50. The van der Waals surface area contributed by atoms with Crippen molar-refractivity contribution in [2.24, 2.45) is 5.73 Å². The van der Waals surface area contributed by atoms with Gasteiger partial charge in [-0.25, -0.2) is 4.98 Å². The summed E-state index contributed by atoms with van der Waals surface area (Å²) in [6.45, 7) is 7.89. The minimum absolute atomic E-state index is 0.173. The fourth-order valence-corrected chi connectivity index (χ4v) is 1.91. The van der Waals surface area contributed by atoms with Gasteiger partial charge in [0, 0.05) is 31.9 Å². The third-order valence-electron chi connectivity index (χ3n) is 2.82. The molecule has 0 bridgehead atoms. The van der Waals surface area contributed by atoms with Gasteiger partial charge >= 0.3 is 0 Å². The van der Waals surface area contributed by atoms with Crippen LogP contribution in [0.4, 0.5) is 5.82 Å². The summed E-state index contributed by atoms with van der Waals surface area (Å²) in [6.07, 6.45) is 2.79. The SMILES string of the molecule is COCCN(c1ccc(CC(C)N)cn1)C(C)C. The van der Waals surface area contributed by atoms with E-state index in [1.807, 2.05) is 13.1 Å². The van der Waals surface area contributed by atoms with Gasteiger partial charge in [0.2, 0.25) is 0 Å². The lowest BCUT2D eigenvalue weighted by Gasteiger charge is -2.27. The Kier molecular flexibility index (Phi) is 6.09. The zero-order chi connectivity index (χ0) is 13.5. The minimum Gasteiger partial charge on any atom is -0.383 e. The smallest absolute Gasteiger partial charge is 0.128 e. The third kappa shape index (κ3) is 4.63. The van der Waals surface area contributed by atoms with E-state index in [2.05, 4.69) is 35.9 Å². The monoisotopic (exact) mass is 251 g/mol. The Morgan fingerprint density at radius 2 is 2.06 bits per heavy atom. The largest absolute Gasteiger partial charge is 0.383 e. The second-order valence-electron chi connectivity index (χ2n) is 4.99. The molecule has 0 saturated heterocycles. The summed E-state index contributed by atoms with van der Waals surface area (Å²) >= 11 is 0. The predicted molar refractivity (Wildman–Crippen MR) is 75.9 cm³/mol. The predicted octanol–water partition coefficient (Wildman–Crippen LogP) is 1.83. The number of hydrogen-bond donors (Lipinski definition) is 1.